The van der Waals surface area contributed by atoms with E-state index in [-0.39, 0.29) is 23.5 Å². The molecule has 3 atom stereocenters. The van der Waals surface area contributed by atoms with Gasteiger partial charge in [-0.3, -0.25) is 0 Å². The summed E-state index contributed by atoms with van der Waals surface area (Å²) in [6.45, 7) is 6.70. The second kappa shape index (κ2) is 6.08. The number of halogens is 2. The van der Waals surface area contributed by atoms with E-state index in [0.29, 0.717) is 36.0 Å². The summed E-state index contributed by atoms with van der Waals surface area (Å²) in [4.78, 5) is 14.2. The molecule has 1 aliphatic carbocycles. The Hall–Kier alpha value is -0.970. The number of aliphatic hydroxyl groups excluding tert-OH is 1. The first kappa shape index (κ1) is 17.8. The summed E-state index contributed by atoms with van der Waals surface area (Å²) in [7, 11) is 0. The summed E-state index contributed by atoms with van der Waals surface area (Å²) >= 11 is 12.2. The van der Waals surface area contributed by atoms with Gasteiger partial charge >= 0.3 is 6.09 Å². The number of fused-ring (bicyclic) bond motifs is 1. The second-order valence-electron chi connectivity index (χ2n) is 7.94. The van der Waals surface area contributed by atoms with E-state index in [1.807, 2.05) is 32.9 Å². The van der Waals surface area contributed by atoms with Crippen molar-refractivity contribution >= 4 is 29.3 Å². The topological polar surface area (TPSA) is 49.8 Å². The molecule has 132 valence electrons. The Bertz CT molecular complexity index is 658. The lowest BCUT2D eigenvalue weighted by molar-refractivity contribution is 0.0265. The highest BCUT2D eigenvalue weighted by atomic mass is 35.5. The maximum Gasteiger partial charge on any atom is 0.410 e. The molecule has 0 spiro atoms. The Balaban J connectivity index is 1.89. The summed E-state index contributed by atoms with van der Waals surface area (Å²) in [5.41, 5.74) is 0.222. The molecule has 1 N–H and O–H groups in total. The van der Waals surface area contributed by atoms with Gasteiger partial charge in [0, 0.05) is 18.5 Å². The minimum absolute atomic E-state index is 0.192. The van der Waals surface area contributed by atoms with Crippen LogP contribution in [0.4, 0.5) is 4.79 Å². The third-order valence-corrected chi connectivity index (χ3v) is 5.74. The van der Waals surface area contributed by atoms with Crippen LogP contribution in [0.2, 0.25) is 10.0 Å². The van der Waals surface area contributed by atoms with Crippen molar-refractivity contribution in [2.45, 2.75) is 50.7 Å². The molecule has 1 amide bonds. The van der Waals surface area contributed by atoms with Crippen LogP contribution in [0, 0.1) is 5.92 Å². The van der Waals surface area contributed by atoms with E-state index in [9.17, 15) is 9.90 Å². The van der Waals surface area contributed by atoms with Gasteiger partial charge in [-0.1, -0.05) is 29.3 Å². The number of hydrogen-bond donors (Lipinski definition) is 1. The van der Waals surface area contributed by atoms with Gasteiger partial charge in [0.05, 0.1) is 16.1 Å². The third-order valence-electron chi connectivity index (χ3n) is 5.00. The molecule has 2 aliphatic rings. The van der Waals surface area contributed by atoms with Crippen LogP contribution >= 0.6 is 23.2 Å². The van der Waals surface area contributed by atoms with E-state index in [1.54, 1.807) is 11.0 Å². The molecule has 1 aliphatic heterocycles. The first-order valence-electron chi connectivity index (χ1n) is 8.22. The monoisotopic (exact) mass is 371 g/mol. The fourth-order valence-electron chi connectivity index (χ4n) is 4.05. The standard InChI is InChI=1S/C18H23Cl2NO3/c1-17(2,3)24-16(23)21-9-12-6-13(22)8-18(12,10-21)11-4-5-14(19)15(20)7-11/h4-5,7,12-13,22H,6,8-10H2,1-3H3/t12-,13+,18+/m1/s1. The van der Waals surface area contributed by atoms with Crippen LogP contribution in [0.15, 0.2) is 18.2 Å². The van der Waals surface area contributed by atoms with Crippen molar-refractivity contribution in [2.75, 3.05) is 13.1 Å². The molecule has 24 heavy (non-hydrogen) atoms. The molecule has 0 unspecified atom stereocenters. The lowest BCUT2D eigenvalue weighted by Crippen LogP contribution is -2.38. The molecule has 1 saturated heterocycles. The van der Waals surface area contributed by atoms with E-state index < -0.39 is 5.60 Å². The predicted octanol–water partition coefficient (Wildman–Crippen LogP) is 4.25. The number of carbonyl (C=O) groups excluding carboxylic acids is 1. The van der Waals surface area contributed by atoms with Crippen molar-refractivity contribution in [3.63, 3.8) is 0 Å². The van der Waals surface area contributed by atoms with Crippen molar-refractivity contribution in [3.8, 4) is 0 Å². The number of ether oxygens (including phenoxy) is 1. The van der Waals surface area contributed by atoms with Gasteiger partial charge < -0.3 is 14.7 Å². The summed E-state index contributed by atoms with van der Waals surface area (Å²) < 4.78 is 5.51. The third kappa shape index (κ3) is 3.24. The van der Waals surface area contributed by atoms with Gasteiger partial charge in [-0.2, -0.15) is 0 Å². The van der Waals surface area contributed by atoms with Crippen LogP contribution < -0.4 is 0 Å². The van der Waals surface area contributed by atoms with Crippen LogP contribution in [0.1, 0.15) is 39.2 Å². The van der Waals surface area contributed by atoms with Gasteiger partial charge in [0.15, 0.2) is 0 Å². The van der Waals surface area contributed by atoms with Gasteiger partial charge in [-0.05, 0) is 57.2 Å². The summed E-state index contributed by atoms with van der Waals surface area (Å²) in [6.07, 6.45) is 0.644. The van der Waals surface area contributed by atoms with E-state index in [1.165, 1.54) is 0 Å². The highest BCUT2D eigenvalue weighted by Gasteiger charge is 2.55. The second-order valence-corrected chi connectivity index (χ2v) is 8.75. The van der Waals surface area contributed by atoms with Crippen molar-refractivity contribution in [2.24, 2.45) is 5.92 Å². The Labute approximate surface area is 152 Å². The highest BCUT2D eigenvalue weighted by Crippen LogP contribution is 2.51. The van der Waals surface area contributed by atoms with E-state index >= 15 is 0 Å². The molecule has 0 aromatic heterocycles. The zero-order valence-electron chi connectivity index (χ0n) is 14.2. The maximum atomic E-state index is 12.5. The Morgan fingerprint density at radius 3 is 2.67 bits per heavy atom. The first-order valence-corrected chi connectivity index (χ1v) is 8.98. The number of likely N-dealkylation sites (tertiary alicyclic amines) is 1. The quantitative estimate of drug-likeness (QED) is 0.802. The Morgan fingerprint density at radius 1 is 1.33 bits per heavy atom. The SMILES string of the molecule is CC(C)(C)OC(=O)N1C[C@H]2C[C@H](O)C[C@@]2(c2ccc(Cl)c(Cl)c2)C1. The molecular formula is C18H23Cl2NO3. The number of carbonyl (C=O) groups is 1. The van der Waals surface area contributed by atoms with Gasteiger partial charge in [-0.25, -0.2) is 4.79 Å². The number of benzene rings is 1. The van der Waals surface area contributed by atoms with Crippen molar-refractivity contribution in [1.29, 1.82) is 0 Å². The summed E-state index contributed by atoms with van der Waals surface area (Å²) in [5.74, 6) is 0.192. The average Bonchev–Trinajstić information content (AvgIpc) is 2.93. The summed E-state index contributed by atoms with van der Waals surface area (Å²) in [6, 6.07) is 5.61. The van der Waals surface area contributed by atoms with Gasteiger partial charge in [0.25, 0.3) is 0 Å². The lowest BCUT2D eigenvalue weighted by Gasteiger charge is -2.30. The number of amides is 1. The molecule has 4 nitrogen and oxygen atoms in total. The van der Waals surface area contributed by atoms with Crippen LogP contribution in [0.25, 0.3) is 0 Å². The van der Waals surface area contributed by atoms with Crippen LogP contribution in [-0.4, -0.2) is 40.9 Å². The minimum Gasteiger partial charge on any atom is -0.444 e. The molecule has 3 rings (SSSR count). The molecular weight excluding hydrogens is 349 g/mol. The number of nitrogens with zero attached hydrogens (tertiary/aromatic N) is 1. The molecule has 0 radical (unpaired) electrons. The lowest BCUT2D eigenvalue weighted by atomic mass is 9.74. The fraction of sp³-hybridized carbons (Fsp3) is 0.611. The number of aliphatic hydroxyl groups is 1. The zero-order chi connectivity index (χ0) is 17.7. The normalized spacial score (nSPS) is 29.7. The molecule has 1 heterocycles. The molecule has 1 aromatic rings. The van der Waals surface area contributed by atoms with E-state index in [2.05, 4.69) is 0 Å². The summed E-state index contributed by atoms with van der Waals surface area (Å²) in [5, 5.41) is 11.2. The minimum atomic E-state index is -0.523. The number of rotatable bonds is 1. The van der Waals surface area contributed by atoms with Gasteiger partial charge in [0.1, 0.15) is 5.60 Å². The largest absolute Gasteiger partial charge is 0.444 e. The van der Waals surface area contributed by atoms with Crippen LogP contribution in [0.3, 0.4) is 0 Å². The first-order chi connectivity index (χ1) is 11.1. The van der Waals surface area contributed by atoms with E-state index in [0.717, 1.165) is 5.56 Å². The Kier molecular flexibility index (Phi) is 4.52. The van der Waals surface area contributed by atoms with Gasteiger partial charge in [0.2, 0.25) is 0 Å². The highest BCUT2D eigenvalue weighted by molar-refractivity contribution is 6.42. The predicted molar refractivity (Wildman–Crippen MR) is 94.7 cm³/mol. The molecule has 1 saturated carbocycles. The van der Waals surface area contributed by atoms with E-state index in [4.69, 9.17) is 27.9 Å². The van der Waals surface area contributed by atoms with Crippen LogP contribution in [-0.2, 0) is 10.2 Å². The zero-order valence-corrected chi connectivity index (χ0v) is 15.7. The van der Waals surface area contributed by atoms with Gasteiger partial charge in [-0.15, -0.1) is 0 Å². The maximum absolute atomic E-state index is 12.5. The molecule has 0 bridgehead atoms. The molecule has 6 heteroatoms. The van der Waals surface area contributed by atoms with Crippen molar-refractivity contribution in [3.05, 3.63) is 33.8 Å². The fourth-order valence-corrected chi connectivity index (χ4v) is 4.35. The molecule has 2 fully saturated rings. The van der Waals surface area contributed by atoms with Crippen molar-refractivity contribution < 1.29 is 14.6 Å². The Morgan fingerprint density at radius 2 is 2.04 bits per heavy atom. The number of hydrogen-bond acceptors (Lipinski definition) is 3. The average molecular weight is 372 g/mol. The molecule has 1 aromatic carbocycles. The van der Waals surface area contributed by atoms with Crippen molar-refractivity contribution in [1.82, 2.24) is 4.90 Å². The smallest absolute Gasteiger partial charge is 0.410 e. The van der Waals surface area contributed by atoms with Crippen LogP contribution in [0.5, 0.6) is 0 Å².